The zero-order valence-corrected chi connectivity index (χ0v) is 36.1. The van der Waals surface area contributed by atoms with Crippen molar-refractivity contribution in [3.05, 3.63) is 186 Å². The number of halogens is 1. The summed E-state index contributed by atoms with van der Waals surface area (Å²) < 4.78 is 2.37. The van der Waals surface area contributed by atoms with Gasteiger partial charge >= 0.3 is 0 Å². The molecule has 0 atom stereocenters. The molecule has 1 heterocycles. The second-order valence-corrected chi connectivity index (χ2v) is 18.9. The smallest absolute Gasteiger partial charge is 0.0887 e. The summed E-state index contributed by atoms with van der Waals surface area (Å²) >= 11 is 7.82. The van der Waals surface area contributed by atoms with Crippen LogP contribution in [0.4, 0.5) is 34.1 Å². The van der Waals surface area contributed by atoms with Gasteiger partial charge in [0.15, 0.2) is 0 Å². The van der Waals surface area contributed by atoms with E-state index in [1.54, 1.807) is 0 Å². The maximum absolute atomic E-state index is 7.82. The van der Waals surface area contributed by atoms with E-state index in [9.17, 15) is 0 Å². The lowest BCUT2D eigenvalue weighted by atomic mass is 9.86. The van der Waals surface area contributed by atoms with E-state index in [1.807, 2.05) is 0 Å². The Hall–Kier alpha value is -5.77. The van der Waals surface area contributed by atoms with Crippen molar-refractivity contribution >= 4 is 67.5 Å². The highest BCUT2D eigenvalue weighted by molar-refractivity contribution is 6.36. The van der Waals surface area contributed by atoms with Crippen LogP contribution < -0.4 is 9.80 Å². The number of nitrogens with zero attached hydrogens (tertiary/aromatic N) is 3. The maximum atomic E-state index is 7.82. The average Bonchev–Trinajstić information content (AvgIpc) is 3.54. The molecule has 0 saturated heterocycles. The Morgan fingerprint density at radius 2 is 0.741 bits per heavy atom. The Bertz CT molecular complexity index is 2610. The Morgan fingerprint density at radius 1 is 0.379 bits per heavy atom. The molecule has 58 heavy (non-hydrogen) atoms. The van der Waals surface area contributed by atoms with Crippen LogP contribution in [-0.2, 0) is 16.2 Å². The molecule has 0 fully saturated rings. The Kier molecular flexibility index (Phi) is 10.0. The number of fused-ring (bicyclic) bond motifs is 3. The van der Waals surface area contributed by atoms with Crippen molar-refractivity contribution in [1.29, 1.82) is 0 Å². The summed E-state index contributed by atoms with van der Waals surface area (Å²) in [6.07, 6.45) is 0. The fourth-order valence-electron chi connectivity index (χ4n) is 8.01. The molecule has 4 heteroatoms. The molecule has 1 aromatic heterocycles. The van der Waals surface area contributed by atoms with Crippen molar-refractivity contribution in [2.45, 2.75) is 78.6 Å². The van der Waals surface area contributed by atoms with Crippen LogP contribution in [0.1, 0.15) is 79.0 Å². The normalized spacial score (nSPS) is 12.3. The molecule has 0 radical (unpaired) electrons. The summed E-state index contributed by atoms with van der Waals surface area (Å²) in [7, 11) is 0. The Morgan fingerprint density at radius 3 is 1.14 bits per heavy atom. The van der Waals surface area contributed by atoms with Crippen LogP contribution in [0.3, 0.4) is 0 Å². The first-order chi connectivity index (χ1) is 27.6. The molecule has 8 aromatic rings. The monoisotopic (exact) mass is 779 g/mol. The van der Waals surface area contributed by atoms with Gasteiger partial charge in [0, 0.05) is 39.2 Å². The van der Waals surface area contributed by atoms with Crippen LogP contribution in [0.5, 0.6) is 0 Å². The van der Waals surface area contributed by atoms with Gasteiger partial charge in [-0.25, -0.2) is 0 Å². The lowest BCUT2D eigenvalue weighted by molar-refractivity contribution is 0.590. The second-order valence-electron chi connectivity index (χ2n) is 18.6. The van der Waals surface area contributed by atoms with Crippen molar-refractivity contribution in [3.63, 3.8) is 0 Å². The summed E-state index contributed by atoms with van der Waals surface area (Å²) in [6, 6.07) is 59.4. The summed E-state index contributed by atoms with van der Waals surface area (Å²) in [5.74, 6) is 0. The zero-order valence-electron chi connectivity index (χ0n) is 35.3. The van der Waals surface area contributed by atoms with Gasteiger partial charge in [-0.15, -0.1) is 0 Å². The first kappa shape index (κ1) is 39.1. The van der Waals surface area contributed by atoms with Crippen molar-refractivity contribution in [1.82, 2.24) is 4.57 Å². The molecular weight excluding hydrogens is 726 g/mol. The van der Waals surface area contributed by atoms with Gasteiger partial charge in [-0.3, -0.25) is 0 Å². The van der Waals surface area contributed by atoms with Gasteiger partial charge in [-0.1, -0.05) is 159 Å². The van der Waals surface area contributed by atoms with Gasteiger partial charge in [0.1, 0.15) is 0 Å². The van der Waals surface area contributed by atoms with Gasteiger partial charge in [0.2, 0.25) is 0 Å². The predicted octanol–water partition coefficient (Wildman–Crippen LogP) is 16.3. The van der Waals surface area contributed by atoms with E-state index in [2.05, 4.69) is 240 Å². The third kappa shape index (κ3) is 7.40. The van der Waals surface area contributed by atoms with E-state index >= 15 is 0 Å². The van der Waals surface area contributed by atoms with E-state index in [1.165, 1.54) is 38.5 Å². The standard InChI is InChI=1S/C54H54ClN3/c1-52(2,3)37-24-30-40(31-25-37)56(41-32-26-38(27-33-41)53(4,5)6)49-22-15-23-50(51(49)55)57(42-34-28-39(29-35-42)54(7,8)9)43-16-14-17-44(36-43)58-47-20-12-10-18-45(47)46-19-11-13-21-48(46)58/h10-36H,1-9H3. The summed E-state index contributed by atoms with van der Waals surface area (Å²) in [4.78, 5) is 4.60. The minimum absolute atomic E-state index is 0.0168. The number of rotatable bonds is 7. The molecule has 0 aliphatic rings. The second kappa shape index (κ2) is 14.9. The largest absolute Gasteiger partial charge is 0.309 e. The van der Waals surface area contributed by atoms with Gasteiger partial charge < -0.3 is 14.4 Å². The highest BCUT2D eigenvalue weighted by Gasteiger charge is 2.25. The van der Waals surface area contributed by atoms with Crippen LogP contribution in [0, 0.1) is 0 Å². The highest BCUT2D eigenvalue weighted by atomic mass is 35.5. The number of anilines is 6. The van der Waals surface area contributed by atoms with E-state index in [4.69, 9.17) is 11.6 Å². The van der Waals surface area contributed by atoms with Crippen LogP contribution in [0.25, 0.3) is 27.5 Å². The van der Waals surface area contributed by atoms with Crippen molar-refractivity contribution in [2.75, 3.05) is 9.80 Å². The molecular formula is C54H54ClN3. The number of aromatic nitrogens is 1. The fraction of sp³-hybridized carbons (Fsp3) is 0.222. The third-order valence-corrected chi connectivity index (χ3v) is 11.7. The Balaban J connectivity index is 1.33. The molecule has 0 bridgehead atoms. The van der Waals surface area contributed by atoms with E-state index in [0.717, 1.165) is 39.8 Å². The molecule has 3 nitrogen and oxygen atoms in total. The van der Waals surface area contributed by atoms with Gasteiger partial charge in [-0.2, -0.15) is 0 Å². The first-order valence-corrected chi connectivity index (χ1v) is 20.8. The average molecular weight is 781 g/mol. The van der Waals surface area contributed by atoms with E-state index in [0.29, 0.717) is 5.02 Å². The molecule has 0 aliphatic heterocycles. The number of hydrogen-bond acceptors (Lipinski definition) is 2. The molecule has 0 spiro atoms. The third-order valence-electron chi connectivity index (χ3n) is 11.3. The molecule has 0 amide bonds. The Labute approximate surface area is 350 Å². The molecule has 8 rings (SSSR count). The lowest BCUT2D eigenvalue weighted by Gasteiger charge is -2.32. The zero-order chi connectivity index (χ0) is 41.0. The van der Waals surface area contributed by atoms with E-state index < -0.39 is 0 Å². The topological polar surface area (TPSA) is 11.4 Å². The van der Waals surface area contributed by atoms with Crippen molar-refractivity contribution < 1.29 is 0 Å². The van der Waals surface area contributed by atoms with Gasteiger partial charge in [-0.05, 0) is 112 Å². The molecule has 292 valence electrons. The number of benzene rings is 7. The van der Waals surface area contributed by atoms with Gasteiger partial charge in [0.25, 0.3) is 0 Å². The summed E-state index contributed by atoms with van der Waals surface area (Å²) in [6.45, 7) is 20.3. The van der Waals surface area contributed by atoms with Crippen molar-refractivity contribution in [2.24, 2.45) is 0 Å². The van der Waals surface area contributed by atoms with Crippen LogP contribution in [-0.4, -0.2) is 4.57 Å². The van der Waals surface area contributed by atoms with E-state index in [-0.39, 0.29) is 16.2 Å². The van der Waals surface area contributed by atoms with Gasteiger partial charge in [0.05, 0.1) is 27.4 Å². The van der Waals surface area contributed by atoms with Crippen LogP contribution >= 0.6 is 11.6 Å². The predicted molar refractivity (Wildman–Crippen MR) is 251 cm³/mol. The molecule has 7 aromatic carbocycles. The molecule has 0 N–H and O–H groups in total. The molecule has 0 unspecified atom stereocenters. The lowest BCUT2D eigenvalue weighted by Crippen LogP contribution is -2.16. The summed E-state index contributed by atoms with van der Waals surface area (Å²) in [5.41, 5.74) is 13.3. The minimum Gasteiger partial charge on any atom is -0.309 e. The molecule has 0 saturated carbocycles. The quantitative estimate of drug-likeness (QED) is 0.160. The maximum Gasteiger partial charge on any atom is 0.0887 e. The highest BCUT2D eigenvalue weighted by Crippen LogP contribution is 2.48. The summed E-state index contributed by atoms with van der Waals surface area (Å²) in [5, 5.41) is 3.13. The van der Waals surface area contributed by atoms with Crippen LogP contribution in [0.2, 0.25) is 5.02 Å². The fourth-order valence-corrected chi connectivity index (χ4v) is 8.31. The number of para-hydroxylation sites is 2. The van der Waals surface area contributed by atoms with Crippen LogP contribution in [0.15, 0.2) is 164 Å². The minimum atomic E-state index is 0.0168. The number of hydrogen-bond donors (Lipinski definition) is 0. The van der Waals surface area contributed by atoms with Crippen molar-refractivity contribution in [3.8, 4) is 5.69 Å². The SMILES string of the molecule is CC(C)(C)c1ccc(N(c2ccc(C(C)(C)C)cc2)c2cccc(N(c3ccc(C(C)(C)C)cc3)c3cccc(-n4c5ccccc5c5ccccc54)c3)c2Cl)cc1. The first-order valence-electron chi connectivity index (χ1n) is 20.4. The molecule has 0 aliphatic carbocycles.